The maximum Gasteiger partial charge on any atom is 0.255 e. The van der Waals surface area contributed by atoms with E-state index in [0.29, 0.717) is 5.56 Å². The normalized spacial score (nSPS) is 9.81. The van der Waals surface area contributed by atoms with Gasteiger partial charge in [0.05, 0.1) is 5.69 Å². The predicted molar refractivity (Wildman–Crippen MR) is 71.3 cm³/mol. The number of aromatic nitrogens is 1. The van der Waals surface area contributed by atoms with Crippen LogP contribution in [0.15, 0.2) is 48.7 Å². The average molecular weight is 324 g/mol. The van der Waals surface area contributed by atoms with Crippen molar-refractivity contribution in [2.75, 3.05) is 5.32 Å². The van der Waals surface area contributed by atoms with E-state index in [0.717, 1.165) is 9.39 Å². The SMILES string of the molecule is O=C(Nc1cccnc1I)c1ccccc1. The quantitative estimate of drug-likeness (QED) is 0.682. The zero-order chi connectivity index (χ0) is 11.4. The molecule has 1 heterocycles. The number of hydrogen-bond acceptors (Lipinski definition) is 2. The van der Waals surface area contributed by atoms with Crippen LogP contribution in [0, 0.1) is 3.70 Å². The summed E-state index contributed by atoms with van der Waals surface area (Å²) in [6, 6.07) is 12.7. The second-order valence-corrected chi connectivity index (χ2v) is 4.18. The van der Waals surface area contributed by atoms with E-state index in [1.807, 2.05) is 24.3 Å². The van der Waals surface area contributed by atoms with E-state index in [2.05, 4.69) is 32.9 Å². The van der Waals surface area contributed by atoms with Gasteiger partial charge in [0.15, 0.2) is 0 Å². The van der Waals surface area contributed by atoms with Gasteiger partial charge in [-0.2, -0.15) is 0 Å². The zero-order valence-electron chi connectivity index (χ0n) is 8.35. The van der Waals surface area contributed by atoms with E-state index in [4.69, 9.17) is 0 Å². The molecule has 80 valence electrons. The van der Waals surface area contributed by atoms with Crippen molar-refractivity contribution < 1.29 is 4.79 Å². The molecule has 0 spiro atoms. The van der Waals surface area contributed by atoms with Gasteiger partial charge in [0.2, 0.25) is 0 Å². The Hall–Kier alpha value is -1.43. The summed E-state index contributed by atoms with van der Waals surface area (Å²) in [5.41, 5.74) is 1.37. The number of hydrogen-bond donors (Lipinski definition) is 1. The van der Waals surface area contributed by atoms with Crippen molar-refractivity contribution in [2.24, 2.45) is 0 Å². The molecule has 0 bridgehead atoms. The molecule has 0 unspecified atom stereocenters. The van der Waals surface area contributed by atoms with Crippen molar-refractivity contribution in [1.82, 2.24) is 4.98 Å². The third kappa shape index (κ3) is 2.57. The summed E-state index contributed by atoms with van der Waals surface area (Å²) in [6.07, 6.45) is 1.69. The van der Waals surface area contributed by atoms with Gasteiger partial charge >= 0.3 is 0 Å². The summed E-state index contributed by atoms with van der Waals surface area (Å²) in [6.45, 7) is 0. The Bertz CT molecular complexity index is 499. The first-order chi connectivity index (χ1) is 7.77. The number of carbonyl (C=O) groups is 1. The minimum absolute atomic E-state index is 0.119. The van der Waals surface area contributed by atoms with Crippen molar-refractivity contribution >= 4 is 34.2 Å². The van der Waals surface area contributed by atoms with Gasteiger partial charge in [-0.05, 0) is 46.9 Å². The number of nitrogens with one attached hydrogen (secondary N) is 1. The summed E-state index contributed by atoms with van der Waals surface area (Å²) in [4.78, 5) is 15.9. The average Bonchev–Trinajstić information content (AvgIpc) is 2.33. The molecule has 3 nitrogen and oxygen atoms in total. The maximum absolute atomic E-state index is 11.8. The van der Waals surface area contributed by atoms with E-state index in [9.17, 15) is 4.79 Å². The van der Waals surface area contributed by atoms with E-state index in [-0.39, 0.29) is 5.91 Å². The van der Waals surface area contributed by atoms with Gasteiger partial charge in [-0.3, -0.25) is 4.79 Å². The van der Waals surface area contributed by atoms with Gasteiger partial charge in [-0.15, -0.1) is 0 Å². The second kappa shape index (κ2) is 5.07. The van der Waals surface area contributed by atoms with Crippen LogP contribution in [0.25, 0.3) is 0 Å². The minimum Gasteiger partial charge on any atom is -0.320 e. The molecule has 4 heteroatoms. The molecular weight excluding hydrogens is 315 g/mol. The summed E-state index contributed by atoms with van der Waals surface area (Å²) in [5.74, 6) is -0.119. The molecule has 1 aromatic heterocycles. The first-order valence-electron chi connectivity index (χ1n) is 4.74. The van der Waals surface area contributed by atoms with Crippen LogP contribution in [-0.4, -0.2) is 10.9 Å². The third-order valence-electron chi connectivity index (χ3n) is 2.04. The highest BCUT2D eigenvalue weighted by Gasteiger charge is 2.07. The van der Waals surface area contributed by atoms with Crippen LogP contribution >= 0.6 is 22.6 Å². The van der Waals surface area contributed by atoms with Crippen LogP contribution in [0.5, 0.6) is 0 Å². The molecule has 1 aromatic carbocycles. The fourth-order valence-corrected chi connectivity index (χ4v) is 1.74. The monoisotopic (exact) mass is 324 g/mol. The number of pyridine rings is 1. The van der Waals surface area contributed by atoms with Crippen LogP contribution in [0.1, 0.15) is 10.4 Å². The Morgan fingerprint density at radius 1 is 1.12 bits per heavy atom. The lowest BCUT2D eigenvalue weighted by molar-refractivity contribution is 0.102. The number of amides is 1. The molecule has 1 amide bonds. The Balaban J connectivity index is 2.18. The molecule has 0 radical (unpaired) electrons. The van der Waals surface area contributed by atoms with Crippen LogP contribution in [0.4, 0.5) is 5.69 Å². The molecule has 0 atom stereocenters. The minimum atomic E-state index is -0.119. The van der Waals surface area contributed by atoms with Gasteiger partial charge in [0.25, 0.3) is 5.91 Å². The number of benzene rings is 1. The van der Waals surface area contributed by atoms with Gasteiger partial charge < -0.3 is 5.32 Å². The summed E-state index contributed by atoms with van der Waals surface area (Å²) in [5, 5.41) is 2.82. The molecule has 0 aliphatic carbocycles. The number of nitrogens with zero attached hydrogens (tertiary/aromatic N) is 1. The van der Waals surface area contributed by atoms with E-state index in [1.165, 1.54) is 0 Å². The van der Waals surface area contributed by atoms with Gasteiger partial charge in [-0.25, -0.2) is 4.98 Å². The number of rotatable bonds is 2. The largest absolute Gasteiger partial charge is 0.320 e. The van der Waals surface area contributed by atoms with Crippen molar-refractivity contribution in [3.63, 3.8) is 0 Å². The Morgan fingerprint density at radius 2 is 1.88 bits per heavy atom. The van der Waals surface area contributed by atoms with E-state index < -0.39 is 0 Å². The third-order valence-corrected chi connectivity index (χ3v) is 2.90. The van der Waals surface area contributed by atoms with Crippen LogP contribution in [-0.2, 0) is 0 Å². The molecule has 2 rings (SSSR count). The Labute approximate surface area is 107 Å². The van der Waals surface area contributed by atoms with Crippen molar-refractivity contribution in [3.05, 3.63) is 57.9 Å². The lowest BCUT2D eigenvalue weighted by atomic mass is 10.2. The van der Waals surface area contributed by atoms with E-state index in [1.54, 1.807) is 24.4 Å². The second-order valence-electron chi connectivity index (χ2n) is 3.16. The molecule has 0 fully saturated rings. The molecule has 0 aliphatic rings. The molecule has 0 saturated heterocycles. The predicted octanol–water partition coefficient (Wildman–Crippen LogP) is 2.94. The zero-order valence-corrected chi connectivity index (χ0v) is 10.5. The molecule has 0 saturated carbocycles. The summed E-state index contributed by atoms with van der Waals surface area (Å²) >= 11 is 2.09. The Kier molecular flexibility index (Phi) is 3.51. The fraction of sp³-hybridized carbons (Fsp3) is 0. The topological polar surface area (TPSA) is 42.0 Å². The summed E-state index contributed by atoms with van der Waals surface area (Å²) in [7, 11) is 0. The molecule has 0 aliphatic heterocycles. The number of carbonyl (C=O) groups excluding carboxylic acids is 1. The van der Waals surface area contributed by atoms with Crippen molar-refractivity contribution in [3.8, 4) is 0 Å². The highest BCUT2D eigenvalue weighted by Crippen LogP contribution is 2.15. The van der Waals surface area contributed by atoms with Crippen molar-refractivity contribution in [2.45, 2.75) is 0 Å². The van der Waals surface area contributed by atoms with Gasteiger partial charge in [0, 0.05) is 11.8 Å². The first kappa shape index (κ1) is 11.1. The van der Waals surface area contributed by atoms with Gasteiger partial charge in [-0.1, -0.05) is 18.2 Å². The van der Waals surface area contributed by atoms with Crippen LogP contribution in [0.2, 0.25) is 0 Å². The molecule has 16 heavy (non-hydrogen) atoms. The highest BCUT2D eigenvalue weighted by molar-refractivity contribution is 14.1. The van der Waals surface area contributed by atoms with Crippen molar-refractivity contribution in [1.29, 1.82) is 0 Å². The fourth-order valence-electron chi connectivity index (χ4n) is 1.26. The summed E-state index contributed by atoms with van der Waals surface area (Å²) < 4.78 is 0.782. The Morgan fingerprint density at radius 3 is 2.56 bits per heavy atom. The number of halogens is 1. The van der Waals surface area contributed by atoms with E-state index >= 15 is 0 Å². The van der Waals surface area contributed by atoms with Crippen LogP contribution < -0.4 is 5.32 Å². The smallest absolute Gasteiger partial charge is 0.255 e. The van der Waals surface area contributed by atoms with Gasteiger partial charge in [0.1, 0.15) is 3.70 Å². The number of anilines is 1. The standard InChI is InChI=1S/C12H9IN2O/c13-11-10(7-4-8-14-11)15-12(16)9-5-2-1-3-6-9/h1-8H,(H,15,16). The molecular formula is C12H9IN2O. The molecule has 2 aromatic rings. The maximum atomic E-state index is 11.8. The lowest BCUT2D eigenvalue weighted by Gasteiger charge is -2.05. The highest BCUT2D eigenvalue weighted by atomic mass is 127. The molecule has 1 N–H and O–H groups in total. The van der Waals surface area contributed by atoms with Crippen LogP contribution in [0.3, 0.4) is 0 Å². The first-order valence-corrected chi connectivity index (χ1v) is 5.82. The lowest BCUT2D eigenvalue weighted by Crippen LogP contribution is -2.12.